The van der Waals surface area contributed by atoms with Gasteiger partial charge in [-0.25, -0.2) is 4.98 Å². The van der Waals surface area contributed by atoms with Crippen LogP contribution in [0.5, 0.6) is 0 Å². The smallest absolute Gasteiger partial charge is 0.303 e. The molecule has 1 amide bonds. The summed E-state index contributed by atoms with van der Waals surface area (Å²) < 4.78 is 0. The molecule has 0 aliphatic rings. The monoisotopic (exact) mass is 254 g/mol. The number of nitrogens with one attached hydrogen (secondary N) is 1. The van der Waals surface area contributed by atoms with E-state index in [2.05, 4.69) is 15.2 Å². The average molecular weight is 254 g/mol. The number of aromatic amines is 1. The van der Waals surface area contributed by atoms with Crippen LogP contribution in [0, 0.1) is 6.92 Å². The minimum absolute atomic E-state index is 0.0251. The Morgan fingerprint density at radius 3 is 2.56 bits per heavy atom. The Kier molecular flexibility index (Phi) is 5.29. The second-order valence-corrected chi connectivity index (χ2v) is 4.19. The van der Waals surface area contributed by atoms with Gasteiger partial charge in [0.1, 0.15) is 5.82 Å². The molecule has 0 unspecified atom stereocenters. The average Bonchev–Trinajstić information content (AvgIpc) is 2.69. The summed E-state index contributed by atoms with van der Waals surface area (Å²) >= 11 is 0. The van der Waals surface area contributed by atoms with Crippen molar-refractivity contribution < 1.29 is 14.7 Å². The summed E-state index contributed by atoms with van der Waals surface area (Å²) in [6.45, 7) is 2.16. The summed E-state index contributed by atoms with van der Waals surface area (Å²) in [5.41, 5.74) is 0. The first kappa shape index (κ1) is 14.1. The summed E-state index contributed by atoms with van der Waals surface area (Å²) in [6, 6.07) is 0. The number of aliphatic carboxylic acids is 1. The van der Waals surface area contributed by atoms with Gasteiger partial charge in [-0.3, -0.25) is 14.7 Å². The van der Waals surface area contributed by atoms with Gasteiger partial charge in [0.05, 0.1) is 6.54 Å². The first-order valence-electron chi connectivity index (χ1n) is 5.82. The first-order chi connectivity index (χ1) is 8.49. The molecule has 0 aromatic carbocycles. The molecule has 7 nitrogen and oxygen atoms in total. The number of carbonyl (C=O) groups excluding carboxylic acids is 1. The van der Waals surface area contributed by atoms with E-state index in [0.717, 1.165) is 0 Å². The Bertz CT molecular complexity index is 416. The van der Waals surface area contributed by atoms with Crippen LogP contribution < -0.4 is 0 Å². The molecule has 0 radical (unpaired) electrons. The Hall–Kier alpha value is -1.92. The zero-order valence-corrected chi connectivity index (χ0v) is 10.6. The van der Waals surface area contributed by atoms with Crippen LogP contribution >= 0.6 is 0 Å². The molecule has 2 N–H and O–H groups in total. The number of aromatic nitrogens is 3. The number of carbonyl (C=O) groups is 2. The van der Waals surface area contributed by atoms with Crippen LogP contribution in [0.1, 0.15) is 37.3 Å². The Morgan fingerprint density at radius 1 is 1.33 bits per heavy atom. The van der Waals surface area contributed by atoms with E-state index in [0.29, 0.717) is 37.5 Å². The van der Waals surface area contributed by atoms with Crippen molar-refractivity contribution in [2.75, 3.05) is 7.05 Å². The van der Waals surface area contributed by atoms with Crippen LogP contribution in [0.15, 0.2) is 0 Å². The van der Waals surface area contributed by atoms with Gasteiger partial charge in [0, 0.05) is 19.9 Å². The van der Waals surface area contributed by atoms with Gasteiger partial charge >= 0.3 is 5.97 Å². The molecule has 1 aromatic heterocycles. The van der Waals surface area contributed by atoms with Gasteiger partial charge in [-0.1, -0.05) is 0 Å². The zero-order chi connectivity index (χ0) is 13.5. The van der Waals surface area contributed by atoms with Crippen molar-refractivity contribution in [1.29, 1.82) is 0 Å². The normalized spacial score (nSPS) is 10.3. The number of nitrogens with zero attached hydrogens (tertiary/aromatic N) is 3. The number of amides is 1. The van der Waals surface area contributed by atoms with Crippen molar-refractivity contribution in [3.8, 4) is 0 Å². The maximum atomic E-state index is 11.7. The maximum absolute atomic E-state index is 11.7. The summed E-state index contributed by atoms with van der Waals surface area (Å²) in [4.78, 5) is 27.7. The largest absolute Gasteiger partial charge is 0.481 e. The van der Waals surface area contributed by atoms with Crippen LogP contribution in [0.2, 0.25) is 0 Å². The molecule has 0 saturated carbocycles. The van der Waals surface area contributed by atoms with Gasteiger partial charge < -0.3 is 10.0 Å². The third kappa shape index (κ3) is 4.94. The number of carboxylic acid groups (broad SMARTS) is 1. The second-order valence-electron chi connectivity index (χ2n) is 4.19. The molecule has 1 aromatic rings. The number of carboxylic acids is 1. The lowest BCUT2D eigenvalue weighted by Crippen LogP contribution is -2.26. The Labute approximate surface area is 105 Å². The quantitative estimate of drug-likeness (QED) is 0.698. The molecule has 1 heterocycles. The fourth-order valence-electron chi connectivity index (χ4n) is 1.50. The number of hydrogen-bond acceptors (Lipinski definition) is 4. The van der Waals surface area contributed by atoms with Crippen LogP contribution in [-0.2, 0) is 16.1 Å². The van der Waals surface area contributed by atoms with E-state index in [-0.39, 0.29) is 12.3 Å². The summed E-state index contributed by atoms with van der Waals surface area (Å²) in [5.74, 6) is 0.441. The highest BCUT2D eigenvalue weighted by atomic mass is 16.4. The SMILES string of the molecule is Cc1nc(CN(C)C(=O)CCCCC(=O)O)n[nH]1. The molecule has 100 valence electrons. The van der Waals surface area contributed by atoms with Crippen LogP contribution in [0.25, 0.3) is 0 Å². The van der Waals surface area contributed by atoms with E-state index in [4.69, 9.17) is 5.11 Å². The molecule has 0 spiro atoms. The predicted molar refractivity (Wildman–Crippen MR) is 63.7 cm³/mol. The van der Waals surface area contributed by atoms with Crippen molar-refractivity contribution in [1.82, 2.24) is 20.1 Å². The molecular weight excluding hydrogens is 236 g/mol. The molecule has 0 atom stereocenters. The van der Waals surface area contributed by atoms with Crippen LogP contribution in [0.3, 0.4) is 0 Å². The summed E-state index contributed by atoms with van der Waals surface area (Å²) in [7, 11) is 1.69. The highest BCUT2D eigenvalue weighted by molar-refractivity contribution is 5.75. The maximum Gasteiger partial charge on any atom is 0.303 e. The van der Waals surface area contributed by atoms with Gasteiger partial charge in [0.15, 0.2) is 5.82 Å². The second kappa shape index (κ2) is 6.73. The van der Waals surface area contributed by atoms with Crippen molar-refractivity contribution in [2.24, 2.45) is 0 Å². The molecule has 0 saturated heterocycles. The predicted octanol–water partition coefficient (Wildman–Crippen LogP) is 0.717. The fraction of sp³-hybridized carbons (Fsp3) is 0.636. The van der Waals surface area contributed by atoms with E-state index in [1.807, 2.05) is 0 Å². The summed E-state index contributed by atoms with van der Waals surface area (Å²) in [6.07, 6.45) is 1.57. The number of aryl methyl sites for hydroxylation is 1. The Morgan fingerprint density at radius 2 is 2.00 bits per heavy atom. The molecule has 0 aliphatic heterocycles. The van der Waals surface area contributed by atoms with E-state index in [9.17, 15) is 9.59 Å². The number of hydrogen-bond donors (Lipinski definition) is 2. The minimum atomic E-state index is -0.827. The van der Waals surface area contributed by atoms with Gasteiger partial charge in [-0.2, -0.15) is 5.10 Å². The lowest BCUT2D eigenvalue weighted by Gasteiger charge is -2.14. The van der Waals surface area contributed by atoms with Gasteiger partial charge in [-0.15, -0.1) is 0 Å². The molecule has 18 heavy (non-hydrogen) atoms. The first-order valence-corrected chi connectivity index (χ1v) is 5.82. The molecule has 0 aliphatic carbocycles. The Balaban J connectivity index is 2.26. The molecule has 7 heteroatoms. The van der Waals surface area contributed by atoms with Crippen molar-refractivity contribution >= 4 is 11.9 Å². The van der Waals surface area contributed by atoms with Crippen LogP contribution in [0.4, 0.5) is 0 Å². The van der Waals surface area contributed by atoms with Crippen molar-refractivity contribution in [3.63, 3.8) is 0 Å². The fourth-order valence-corrected chi connectivity index (χ4v) is 1.50. The molecule has 0 fully saturated rings. The third-order valence-corrected chi connectivity index (χ3v) is 2.48. The standard InChI is InChI=1S/C11H18N4O3/c1-8-12-9(14-13-8)7-15(2)10(16)5-3-4-6-11(17)18/h3-7H2,1-2H3,(H,17,18)(H,12,13,14). The van der Waals surface area contributed by atoms with E-state index in [1.54, 1.807) is 18.9 Å². The van der Waals surface area contributed by atoms with Gasteiger partial charge in [0.2, 0.25) is 5.91 Å². The third-order valence-electron chi connectivity index (χ3n) is 2.48. The lowest BCUT2D eigenvalue weighted by molar-refractivity contribution is -0.137. The van der Waals surface area contributed by atoms with E-state index in [1.165, 1.54) is 0 Å². The minimum Gasteiger partial charge on any atom is -0.481 e. The number of rotatable bonds is 7. The molecular formula is C11H18N4O3. The van der Waals surface area contributed by atoms with Crippen LogP contribution in [-0.4, -0.2) is 44.1 Å². The molecule has 0 bridgehead atoms. The zero-order valence-electron chi connectivity index (χ0n) is 10.6. The number of unbranched alkanes of at least 4 members (excludes halogenated alkanes) is 1. The van der Waals surface area contributed by atoms with E-state index < -0.39 is 5.97 Å². The van der Waals surface area contributed by atoms with Gasteiger partial charge in [-0.05, 0) is 19.8 Å². The summed E-state index contributed by atoms with van der Waals surface area (Å²) in [5, 5.41) is 15.1. The van der Waals surface area contributed by atoms with E-state index >= 15 is 0 Å². The highest BCUT2D eigenvalue weighted by Crippen LogP contribution is 2.04. The molecule has 1 rings (SSSR count). The number of H-pyrrole nitrogens is 1. The van der Waals surface area contributed by atoms with Gasteiger partial charge in [0.25, 0.3) is 0 Å². The highest BCUT2D eigenvalue weighted by Gasteiger charge is 2.11. The van der Waals surface area contributed by atoms with Crippen molar-refractivity contribution in [2.45, 2.75) is 39.2 Å². The lowest BCUT2D eigenvalue weighted by atomic mass is 10.2. The topological polar surface area (TPSA) is 99.2 Å². The van der Waals surface area contributed by atoms with Crippen molar-refractivity contribution in [3.05, 3.63) is 11.6 Å².